The van der Waals surface area contributed by atoms with E-state index in [-0.39, 0.29) is 22.1 Å². The molecule has 1 aliphatic heterocycles. The van der Waals surface area contributed by atoms with Gasteiger partial charge < -0.3 is 15.4 Å². The molecule has 0 aromatic heterocycles. The lowest BCUT2D eigenvalue weighted by molar-refractivity contribution is 0.0964. The number of hydrogen-bond acceptors (Lipinski definition) is 5. The molecule has 1 heterocycles. The van der Waals surface area contributed by atoms with Crippen LogP contribution in [0.25, 0.3) is 0 Å². The van der Waals surface area contributed by atoms with Crippen molar-refractivity contribution in [2.45, 2.75) is 25.3 Å². The summed E-state index contributed by atoms with van der Waals surface area (Å²) in [4.78, 5) is 24.5. The van der Waals surface area contributed by atoms with Crippen LogP contribution >= 0.6 is 0 Å². The number of carbonyl (C=O) groups excluding carboxylic acids is 2. The van der Waals surface area contributed by atoms with E-state index in [2.05, 4.69) is 10.6 Å². The van der Waals surface area contributed by atoms with Crippen LogP contribution in [0, 0.1) is 0 Å². The van der Waals surface area contributed by atoms with E-state index in [4.69, 9.17) is 4.74 Å². The van der Waals surface area contributed by atoms with Gasteiger partial charge in [-0.05, 0) is 35.9 Å². The fraction of sp³-hybridized carbons (Fsp3) is 0.300. The minimum Gasteiger partial charge on any atom is -0.495 e. The third kappa shape index (κ3) is 3.96. The predicted octanol–water partition coefficient (Wildman–Crippen LogP) is 2.22. The first-order chi connectivity index (χ1) is 13.8. The molecule has 2 amide bonds. The summed E-state index contributed by atoms with van der Waals surface area (Å²) in [6, 6.07) is 9.34. The van der Waals surface area contributed by atoms with E-state index in [0.29, 0.717) is 30.9 Å². The van der Waals surface area contributed by atoms with Crippen molar-refractivity contribution >= 4 is 27.5 Å². The largest absolute Gasteiger partial charge is 0.495 e. The van der Waals surface area contributed by atoms with Crippen molar-refractivity contribution in [2.75, 3.05) is 25.5 Å². The molecule has 0 radical (unpaired) electrons. The first kappa shape index (κ1) is 20.8. The third-order valence-corrected chi connectivity index (χ3v) is 6.87. The molecule has 0 bridgehead atoms. The number of methoxy groups -OCH3 is 1. The van der Waals surface area contributed by atoms with E-state index in [1.54, 1.807) is 32.0 Å². The maximum atomic E-state index is 12.9. The van der Waals surface area contributed by atoms with Crippen molar-refractivity contribution < 1.29 is 22.7 Å². The van der Waals surface area contributed by atoms with Crippen molar-refractivity contribution in [1.29, 1.82) is 0 Å². The molecule has 0 aliphatic carbocycles. The standard InChI is InChI=1S/C20H23N3O5S/c1-4-23(5-2)29(26,27)18-10-13(7-9-17(18)28-3)19(24)22-15-8-6-14-12-21-20(25)16(14)11-15/h6-11H,4-5,12H2,1-3H3,(H,21,25)(H,22,24). The minimum atomic E-state index is -3.81. The van der Waals surface area contributed by atoms with Gasteiger partial charge in [-0.2, -0.15) is 4.31 Å². The van der Waals surface area contributed by atoms with Gasteiger partial charge in [0.2, 0.25) is 10.0 Å². The highest BCUT2D eigenvalue weighted by Gasteiger charge is 2.27. The Balaban J connectivity index is 1.92. The molecule has 0 saturated heterocycles. The Morgan fingerprint density at radius 1 is 1.17 bits per heavy atom. The summed E-state index contributed by atoms with van der Waals surface area (Å²) in [5.74, 6) is -0.502. The van der Waals surface area contributed by atoms with Crippen LogP contribution in [0.2, 0.25) is 0 Å². The number of rotatable bonds is 7. The molecule has 8 nitrogen and oxygen atoms in total. The summed E-state index contributed by atoms with van der Waals surface area (Å²) in [6.45, 7) is 4.56. The fourth-order valence-corrected chi connectivity index (χ4v) is 4.86. The van der Waals surface area contributed by atoms with E-state index in [0.717, 1.165) is 5.56 Å². The quantitative estimate of drug-likeness (QED) is 0.719. The van der Waals surface area contributed by atoms with Crippen molar-refractivity contribution in [3.63, 3.8) is 0 Å². The SMILES string of the molecule is CCN(CC)S(=O)(=O)c1cc(C(=O)Nc2ccc3c(c2)C(=O)NC3)ccc1OC. The number of benzene rings is 2. The van der Waals surface area contributed by atoms with Crippen LogP contribution in [-0.4, -0.2) is 44.7 Å². The molecule has 0 atom stereocenters. The van der Waals surface area contributed by atoms with Gasteiger partial charge in [0, 0.05) is 36.4 Å². The predicted molar refractivity (Wildman–Crippen MR) is 109 cm³/mol. The van der Waals surface area contributed by atoms with Gasteiger partial charge in [-0.15, -0.1) is 0 Å². The average molecular weight is 417 g/mol. The van der Waals surface area contributed by atoms with Crippen LogP contribution in [0.5, 0.6) is 5.75 Å². The first-order valence-electron chi connectivity index (χ1n) is 9.22. The summed E-state index contributed by atoms with van der Waals surface area (Å²) in [7, 11) is -2.43. The second-order valence-corrected chi connectivity index (χ2v) is 8.37. The monoisotopic (exact) mass is 417 g/mol. The zero-order valence-corrected chi connectivity index (χ0v) is 17.3. The number of ether oxygens (including phenoxy) is 1. The number of anilines is 1. The van der Waals surface area contributed by atoms with E-state index < -0.39 is 15.9 Å². The topological polar surface area (TPSA) is 105 Å². The number of nitrogens with one attached hydrogen (secondary N) is 2. The van der Waals surface area contributed by atoms with Crippen LogP contribution in [0.15, 0.2) is 41.3 Å². The molecule has 2 aromatic rings. The zero-order chi connectivity index (χ0) is 21.2. The molecule has 9 heteroatoms. The molecule has 1 aliphatic rings. The molecule has 3 rings (SSSR count). The Hall–Kier alpha value is -2.91. The summed E-state index contributed by atoms with van der Waals surface area (Å²) < 4.78 is 32.4. The molecule has 29 heavy (non-hydrogen) atoms. The van der Waals surface area contributed by atoms with Gasteiger partial charge in [0.1, 0.15) is 10.6 Å². The van der Waals surface area contributed by atoms with E-state index in [1.165, 1.54) is 29.6 Å². The summed E-state index contributed by atoms with van der Waals surface area (Å²) >= 11 is 0. The lowest BCUT2D eigenvalue weighted by atomic mass is 10.1. The molecule has 0 spiro atoms. The highest BCUT2D eigenvalue weighted by molar-refractivity contribution is 7.89. The van der Waals surface area contributed by atoms with Crippen LogP contribution in [0.1, 0.15) is 40.1 Å². The van der Waals surface area contributed by atoms with Crippen molar-refractivity contribution in [3.8, 4) is 5.75 Å². The van der Waals surface area contributed by atoms with Gasteiger partial charge in [-0.25, -0.2) is 8.42 Å². The normalized spacial score (nSPS) is 13.2. The van der Waals surface area contributed by atoms with Crippen LogP contribution < -0.4 is 15.4 Å². The number of hydrogen-bond donors (Lipinski definition) is 2. The van der Waals surface area contributed by atoms with Crippen molar-refractivity contribution in [2.24, 2.45) is 0 Å². The van der Waals surface area contributed by atoms with Gasteiger partial charge in [0.05, 0.1) is 7.11 Å². The van der Waals surface area contributed by atoms with Crippen molar-refractivity contribution in [3.05, 3.63) is 53.1 Å². The van der Waals surface area contributed by atoms with Crippen molar-refractivity contribution in [1.82, 2.24) is 9.62 Å². The van der Waals surface area contributed by atoms with E-state index >= 15 is 0 Å². The number of sulfonamides is 1. The molecule has 0 saturated carbocycles. The lowest BCUT2D eigenvalue weighted by Gasteiger charge is -2.20. The first-order valence-corrected chi connectivity index (χ1v) is 10.7. The van der Waals surface area contributed by atoms with E-state index in [9.17, 15) is 18.0 Å². The van der Waals surface area contributed by atoms with Crippen LogP contribution in [-0.2, 0) is 16.6 Å². The maximum absolute atomic E-state index is 12.9. The second-order valence-electron chi connectivity index (χ2n) is 6.46. The fourth-order valence-electron chi connectivity index (χ4n) is 3.22. The Labute approximate surface area is 169 Å². The molecule has 0 unspecified atom stereocenters. The van der Waals surface area contributed by atoms with Crippen LogP contribution in [0.4, 0.5) is 5.69 Å². The highest BCUT2D eigenvalue weighted by Crippen LogP contribution is 2.28. The third-order valence-electron chi connectivity index (χ3n) is 4.80. The van der Waals surface area contributed by atoms with Crippen LogP contribution in [0.3, 0.4) is 0 Å². The van der Waals surface area contributed by atoms with Gasteiger partial charge in [0.25, 0.3) is 11.8 Å². The maximum Gasteiger partial charge on any atom is 0.255 e. The molecule has 0 fully saturated rings. The Kier molecular flexibility index (Phi) is 5.90. The Morgan fingerprint density at radius 3 is 2.55 bits per heavy atom. The number of amides is 2. The summed E-state index contributed by atoms with van der Waals surface area (Å²) in [6.07, 6.45) is 0. The molecule has 2 aromatic carbocycles. The second kappa shape index (κ2) is 8.22. The van der Waals surface area contributed by atoms with Gasteiger partial charge >= 0.3 is 0 Å². The molecule has 154 valence electrons. The highest BCUT2D eigenvalue weighted by atomic mass is 32.2. The average Bonchev–Trinajstić information content (AvgIpc) is 3.08. The minimum absolute atomic E-state index is 0.0651. The van der Waals surface area contributed by atoms with Gasteiger partial charge in [-0.3, -0.25) is 9.59 Å². The number of fused-ring (bicyclic) bond motifs is 1. The van der Waals surface area contributed by atoms with Gasteiger partial charge in [-0.1, -0.05) is 19.9 Å². The lowest BCUT2D eigenvalue weighted by Crippen LogP contribution is -2.31. The molecule has 2 N–H and O–H groups in total. The Bertz CT molecular complexity index is 1060. The summed E-state index contributed by atoms with van der Waals surface area (Å²) in [5, 5.41) is 5.43. The number of carbonyl (C=O) groups is 2. The number of nitrogens with zero attached hydrogens (tertiary/aromatic N) is 1. The Morgan fingerprint density at radius 2 is 1.90 bits per heavy atom. The molecular weight excluding hydrogens is 394 g/mol. The smallest absolute Gasteiger partial charge is 0.255 e. The zero-order valence-electron chi connectivity index (χ0n) is 16.5. The summed E-state index contributed by atoms with van der Waals surface area (Å²) in [5.41, 5.74) is 2.00. The van der Waals surface area contributed by atoms with E-state index in [1.807, 2.05) is 0 Å². The van der Waals surface area contributed by atoms with Gasteiger partial charge in [0.15, 0.2) is 0 Å². The molecular formula is C20H23N3O5S.